The predicted molar refractivity (Wildman–Crippen MR) is 103 cm³/mol. The lowest BCUT2D eigenvalue weighted by molar-refractivity contribution is -0.148. The molecule has 2 heterocycles. The second-order valence-electron chi connectivity index (χ2n) is 6.22. The molecule has 1 aromatic carbocycles. The average molecular weight is 393 g/mol. The molecule has 2 aromatic rings. The quantitative estimate of drug-likeness (QED) is 0.748. The van der Waals surface area contributed by atoms with Crippen LogP contribution in [0.1, 0.15) is 26.2 Å². The van der Waals surface area contributed by atoms with Crippen LogP contribution in [0.3, 0.4) is 0 Å². The van der Waals surface area contributed by atoms with Gasteiger partial charge in [-0.2, -0.15) is 0 Å². The molecule has 138 valence electrons. The minimum atomic E-state index is -0.487. The van der Waals surface area contributed by atoms with Crippen LogP contribution in [-0.4, -0.2) is 55.0 Å². The largest absolute Gasteiger partial charge is 0.468 e. The minimum Gasteiger partial charge on any atom is -0.468 e. The number of esters is 1. The van der Waals surface area contributed by atoms with Gasteiger partial charge < -0.3 is 9.64 Å². The van der Waals surface area contributed by atoms with Crippen molar-refractivity contribution in [3.05, 3.63) is 56.7 Å². The number of piperazine rings is 1. The van der Waals surface area contributed by atoms with Crippen molar-refractivity contribution in [2.45, 2.75) is 13.0 Å². The van der Waals surface area contributed by atoms with E-state index in [1.54, 1.807) is 12.1 Å². The fourth-order valence-electron chi connectivity index (χ4n) is 3.14. The second kappa shape index (κ2) is 8.20. The van der Waals surface area contributed by atoms with Crippen molar-refractivity contribution >= 4 is 34.8 Å². The fourth-order valence-corrected chi connectivity index (χ4v) is 4.10. The summed E-state index contributed by atoms with van der Waals surface area (Å²) in [5, 5.41) is 0.624. The monoisotopic (exact) mass is 392 g/mol. The number of amides is 1. The maximum Gasteiger partial charge on any atom is 0.327 e. The molecule has 0 saturated carbocycles. The zero-order valence-corrected chi connectivity index (χ0v) is 16.3. The summed E-state index contributed by atoms with van der Waals surface area (Å²) in [6.45, 7) is 4.37. The second-order valence-corrected chi connectivity index (χ2v) is 7.94. The fraction of sp³-hybridized carbons (Fsp3) is 0.368. The lowest BCUT2D eigenvalue weighted by Gasteiger charge is -2.38. The number of thiophene rings is 1. The number of halogens is 1. The Bertz CT molecular complexity index is 782. The first-order valence-electron chi connectivity index (χ1n) is 8.42. The van der Waals surface area contributed by atoms with Gasteiger partial charge in [0.2, 0.25) is 0 Å². The van der Waals surface area contributed by atoms with Gasteiger partial charge >= 0.3 is 5.97 Å². The lowest BCUT2D eigenvalue weighted by Crippen LogP contribution is -2.51. The summed E-state index contributed by atoms with van der Waals surface area (Å²) in [4.78, 5) is 30.7. The van der Waals surface area contributed by atoms with Gasteiger partial charge in [0.25, 0.3) is 5.91 Å². The van der Waals surface area contributed by atoms with E-state index < -0.39 is 6.04 Å². The molecule has 1 saturated heterocycles. The third-order valence-electron chi connectivity index (χ3n) is 4.53. The van der Waals surface area contributed by atoms with E-state index in [9.17, 15) is 9.59 Å². The van der Waals surface area contributed by atoms with Crippen LogP contribution in [0.2, 0.25) is 5.02 Å². The van der Waals surface area contributed by atoms with Gasteiger partial charge in [0, 0.05) is 36.1 Å². The molecule has 0 unspecified atom stereocenters. The maximum absolute atomic E-state index is 12.6. The Morgan fingerprint density at radius 1 is 1.08 bits per heavy atom. The highest BCUT2D eigenvalue weighted by atomic mass is 35.5. The van der Waals surface area contributed by atoms with E-state index in [0.29, 0.717) is 31.2 Å². The van der Waals surface area contributed by atoms with Crippen LogP contribution in [0, 0.1) is 6.92 Å². The Labute approximate surface area is 162 Å². The van der Waals surface area contributed by atoms with Crippen molar-refractivity contribution in [3.8, 4) is 0 Å². The maximum atomic E-state index is 12.6. The van der Waals surface area contributed by atoms with Crippen molar-refractivity contribution < 1.29 is 14.3 Å². The Balaban J connectivity index is 1.70. The lowest BCUT2D eigenvalue weighted by atomic mass is 10.0. The zero-order valence-electron chi connectivity index (χ0n) is 14.8. The smallest absolute Gasteiger partial charge is 0.327 e. The Kier molecular flexibility index (Phi) is 5.96. The highest BCUT2D eigenvalue weighted by Gasteiger charge is 2.32. The van der Waals surface area contributed by atoms with Gasteiger partial charge in [0.1, 0.15) is 6.04 Å². The van der Waals surface area contributed by atoms with E-state index in [1.807, 2.05) is 36.1 Å². The number of ether oxygens (including phenoxy) is 1. The van der Waals surface area contributed by atoms with Crippen LogP contribution >= 0.6 is 22.9 Å². The molecule has 3 rings (SSSR count). The van der Waals surface area contributed by atoms with Gasteiger partial charge in [-0.3, -0.25) is 9.69 Å². The highest BCUT2D eigenvalue weighted by Crippen LogP contribution is 2.26. The summed E-state index contributed by atoms with van der Waals surface area (Å²) >= 11 is 7.47. The van der Waals surface area contributed by atoms with E-state index in [1.165, 1.54) is 18.4 Å². The predicted octanol–water partition coefficient (Wildman–Crippen LogP) is 3.38. The molecule has 1 aliphatic rings. The van der Waals surface area contributed by atoms with Gasteiger partial charge in [-0.1, -0.05) is 23.7 Å². The molecular weight excluding hydrogens is 372 g/mol. The van der Waals surface area contributed by atoms with E-state index in [4.69, 9.17) is 16.3 Å². The molecule has 1 aliphatic heterocycles. The van der Waals surface area contributed by atoms with E-state index >= 15 is 0 Å². The SMILES string of the molecule is COC(=O)[C@H](c1ccc(Cl)cc1)N1CCN(C(=O)c2ccc(C)s2)CC1. The Morgan fingerprint density at radius 2 is 1.73 bits per heavy atom. The first-order valence-corrected chi connectivity index (χ1v) is 9.62. The third kappa shape index (κ3) is 4.09. The molecule has 1 aromatic heterocycles. The van der Waals surface area contributed by atoms with Crippen LogP contribution in [0.4, 0.5) is 0 Å². The van der Waals surface area contributed by atoms with Crippen LogP contribution in [-0.2, 0) is 9.53 Å². The molecule has 5 nitrogen and oxygen atoms in total. The Hall–Kier alpha value is -1.89. The molecule has 7 heteroatoms. The van der Waals surface area contributed by atoms with Gasteiger partial charge in [0.05, 0.1) is 12.0 Å². The molecule has 1 atom stereocenters. The number of hydrogen-bond acceptors (Lipinski definition) is 5. The van der Waals surface area contributed by atoms with Crippen molar-refractivity contribution in [1.29, 1.82) is 0 Å². The summed E-state index contributed by atoms with van der Waals surface area (Å²) in [6, 6.07) is 10.6. The molecular formula is C19H21ClN2O3S. The zero-order chi connectivity index (χ0) is 18.7. The summed E-state index contributed by atoms with van der Waals surface area (Å²) in [6.07, 6.45) is 0. The van der Waals surface area contributed by atoms with Crippen molar-refractivity contribution in [1.82, 2.24) is 9.80 Å². The summed E-state index contributed by atoms with van der Waals surface area (Å²) in [5.74, 6) is -0.246. The van der Waals surface area contributed by atoms with Gasteiger partial charge in [-0.25, -0.2) is 4.79 Å². The van der Waals surface area contributed by atoms with E-state index in [-0.39, 0.29) is 11.9 Å². The van der Waals surface area contributed by atoms with E-state index in [0.717, 1.165) is 15.3 Å². The minimum absolute atomic E-state index is 0.0591. The number of methoxy groups -OCH3 is 1. The number of rotatable bonds is 4. The standard InChI is InChI=1S/C19H21ClN2O3S/c1-13-3-8-16(26-13)18(23)22-11-9-21(10-12-22)17(19(24)25-2)14-4-6-15(20)7-5-14/h3-8,17H,9-12H2,1-2H3/t17-/m0/s1. The molecule has 0 radical (unpaired) electrons. The molecule has 1 fully saturated rings. The first kappa shape index (κ1) is 18.9. The highest BCUT2D eigenvalue weighted by molar-refractivity contribution is 7.13. The summed E-state index contributed by atoms with van der Waals surface area (Å²) in [7, 11) is 1.39. The van der Waals surface area contributed by atoms with Crippen LogP contribution in [0.15, 0.2) is 36.4 Å². The molecule has 26 heavy (non-hydrogen) atoms. The summed E-state index contributed by atoms with van der Waals surface area (Å²) < 4.78 is 5.00. The number of carbonyl (C=O) groups excluding carboxylic acids is 2. The molecule has 0 aliphatic carbocycles. The Morgan fingerprint density at radius 3 is 2.27 bits per heavy atom. The average Bonchev–Trinajstić information content (AvgIpc) is 3.09. The number of benzene rings is 1. The van der Waals surface area contributed by atoms with Gasteiger partial charge in [-0.15, -0.1) is 11.3 Å². The van der Waals surface area contributed by atoms with Gasteiger partial charge in [0.15, 0.2) is 0 Å². The first-order chi connectivity index (χ1) is 12.5. The van der Waals surface area contributed by atoms with Crippen molar-refractivity contribution in [2.75, 3.05) is 33.3 Å². The topological polar surface area (TPSA) is 49.9 Å². The normalized spacial score (nSPS) is 16.3. The van der Waals surface area contributed by atoms with Crippen LogP contribution in [0.5, 0.6) is 0 Å². The number of hydrogen-bond donors (Lipinski definition) is 0. The number of nitrogens with zero attached hydrogens (tertiary/aromatic N) is 2. The third-order valence-corrected chi connectivity index (χ3v) is 5.77. The molecule has 0 N–H and O–H groups in total. The van der Waals surface area contributed by atoms with Crippen LogP contribution in [0.25, 0.3) is 0 Å². The van der Waals surface area contributed by atoms with Crippen LogP contribution < -0.4 is 0 Å². The number of aryl methyl sites for hydroxylation is 1. The van der Waals surface area contributed by atoms with E-state index in [2.05, 4.69) is 4.90 Å². The summed E-state index contributed by atoms with van der Waals surface area (Å²) in [5.41, 5.74) is 0.843. The van der Waals surface area contributed by atoms with Crippen molar-refractivity contribution in [2.24, 2.45) is 0 Å². The molecule has 1 amide bonds. The van der Waals surface area contributed by atoms with Gasteiger partial charge in [-0.05, 0) is 36.8 Å². The van der Waals surface area contributed by atoms with Crippen molar-refractivity contribution in [3.63, 3.8) is 0 Å². The number of carbonyl (C=O) groups is 2. The molecule has 0 spiro atoms. The molecule has 0 bridgehead atoms.